The number of hydrogen-bond donors (Lipinski definition) is 3. The van der Waals surface area contributed by atoms with Crippen molar-refractivity contribution in [2.24, 2.45) is 0 Å². The molecule has 0 saturated carbocycles. The van der Waals surface area contributed by atoms with Crippen molar-refractivity contribution >= 4 is 10.0 Å². The third kappa shape index (κ3) is 2.86. The van der Waals surface area contributed by atoms with Crippen LogP contribution in [0.1, 0.15) is 22.7 Å². The molecule has 0 radical (unpaired) electrons. The predicted octanol–water partition coefficient (Wildman–Crippen LogP) is 0.590. The number of H-pyrrole nitrogens is 1. The van der Waals surface area contributed by atoms with Gasteiger partial charge in [0.15, 0.2) is 0 Å². The highest BCUT2D eigenvalue weighted by molar-refractivity contribution is 7.89. The molecule has 0 fully saturated rings. The third-order valence-electron chi connectivity index (χ3n) is 2.82. The van der Waals surface area contributed by atoms with Crippen LogP contribution in [0.5, 0.6) is 0 Å². The number of nitrogens with one attached hydrogen (secondary N) is 2. The van der Waals surface area contributed by atoms with Crippen LogP contribution in [0.15, 0.2) is 21.7 Å². The summed E-state index contributed by atoms with van der Waals surface area (Å²) in [5.41, 5.74) is 1.82. The first kappa shape index (κ1) is 13.8. The van der Waals surface area contributed by atoms with E-state index in [9.17, 15) is 8.42 Å². The summed E-state index contributed by atoms with van der Waals surface area (Å²) in [6, 6.07) is 1.38. The summed E-state index contributed by atoms with van der Waals surface area (Å²) in [4.78, 5) is 2.76. The van der Waals surface area contributed by atoms with Crippen molar-refractivity contribution in [3.63, 3.8) is 0 Å². The van der Waals surface area contributed by atoms with Gasteiger partial charge < -0.3 is 14.6 Å². The smallest absolute Gasteiger partial charge is 0.242 e. The summed E-state index contributed by atoms with van der Waals surface area (Å²) >= 11 is 0. The summed E-state index contributed by atoms with van der Waals surface area (Å²) in [5.74, 6) is 0.588. The average Bonchev–Trinajstić information content (AvgIpc) is 2.96. The van der Waals surface area contributed by atoms with Crippen molar-refractivity contribution in [2.45, 2.75) is 31.9 Å². The van der Waals surface area contributed by atoms with Crippen LogP contribution in [0.25, 0.3) is 0 Å². The SMILES string of the molecule is Cc1noc(C)c1CNS(=O)(=O)c1c[nH]c(CO)c1. The fourth-order valence-electron chi connectivity index (χ4n) is 1.67. The average molecular weight is 285 g/mol. The molecule has 2 rings (SSSR count). The number of aromatic nitrogens is 2. The van der Waals surface area contributed by atoms with Gasteiger partial charge in [-0.1, -0.05) is 5.16 Å². The van der Waals surface area contributed by atoms with Crippen molar-refractivity contribution in [1.29, 1.82) is 0 Å². The van der Waals surface area contributed by atoms with Crippen LogP contribution in [-0.2, 0) is 23.2 Å². The largest absolute Gasteiger partial charge is 0.390 e. The van der Waals surface area contributed by atoms with Crippen molar-refractivity contribution in [3.8, 4) is 0 Å². The van der Waals surface area contributed by atoms with Gasteiger partial charge in [0, 0.05) is 24.0 Å². The predicted molar refractivity (Wildman–Crippen MR) is 66.7 cm³/mol. The molecular formula is C11H15N3O4S. The number of aromatic amines is 1. The van der Waals surface area contributed by atoms with Gasteiger partial charge in [-0.25, -0.2) is 13.1 Å². The number of rotatable bonds is 5. The molecule has 0 unspecified atom stereocenters. The van der Waals surface area contributed by atoms with E-state index in [4.69, 9.17) is 9.63 Å². The van der Waals surface area contributed by atoms with Crippen molar-refractivity contribution in [3.05, 3.63) is 35.0 Å². The molecule has 19 heavy (non-hydrogen) atoms. The minimum absolute atomic E-state index is 0.0864. The van der Waals surface area contributed by atoms with Crippen LogP contribution < -0.4 is 4.72 Å². The molecule has 104 valence electrons. The zero-order valence-corrected chi connectivity index (χ0v) is 11.4. The van der Waals surface area contributed by atoms with E-state index in [1.165, 1.54) is 12.3 Å². The Labute approximate surface area is 110 Å². The second kappa shape index (κ2) is 5.16. The highest BCUT2D eigenvalue weighted by atomic mass is 32.2. The monoisotopic (exact) mass is 285 g/mol. The van der Waals surface area contributed by atoms with Crippen molar-refractivity contribution < 1.29 is 18.0 Å². The Hall–Kier alpha value is -1.64. The maximum absolute atomic E-state index is 12.0. The molecule has 0 spiro atoms. The number of aliphatic hydroxyl groups excluding tert-OH is 1. The van der Waals surface area contributed by atoms with Gasteiger partial charge in [0.2, 0.25) is 10.0 Å². The van der Waals surface area contributed by atoms with Crippen LogP contribution in [0.4, 0.5) is 0 Å². The zero-order valence-electron chi connectivity index (χ0n) is 10.6. The van der Waals surface area contributed by atoms with Gasteiger partial charge in [-0.05, 0) is 19.9 Å². The lowest BCUT2D eigenvalue weighted by atomic mass is 10.2. The summed E-state index contributed by atoms with van der Waals surface area (Å²) in [6.45, 7) is 3.35. The van der Waals surface area contributed by atoms with Crippen LogP contribution in [0.2, 0.25) is 0 Å². The van der Waals surface area contributed by atoms with E-state index in [1.54, 1.807) is 13.8 Å². The van der Waals surface area contributed by atoms with Crippen molar-refractivity contribution in [2.75, 3.05) is 0 Å². The molecular weight excluding hydrogens is 270 g/mol. The highest BCUT2D eigenvalue weighted by Gasteiger charge is 2.18. The van der Waals surface area contributed by atoms with E-state index in [1.807, 2.05) is 0 Å². The highest BCUT2D eigenvalue weighted by Crippen LogP contribution is 2.15. The second-order valence-electron chi connectivity index (χ2n) is 4.15. The maximum atomic E-state index is 12.0. The van der Waals surface area contributed by atoms with Gasteiger partial charge in [0.25, 0.3) is 0 Å². The van der Waals surface area contributed by atoms with E-state index in [0.29, 0.717) is 17.1 Å². The molecule has 7 nitrogen and oxygen atoms in total. The van der Waals surface area contributed by atoms with Gasteiger partial charge >= 0.3 is 0 Å². The summed E-state index contributed by atoms with van der Waals surface area (Å²) in [6.07, 6.45) is 1.33. The lowest BCUT2D eigenvalue weighted by molar-refractivity contribution is 0.277. The Kier molecular flexibility index (Phi) is 3.74. The summed E-state index contributed by atoms with van der Waals surface area (Å²) in [7, 11) is -3.62. The maximum Gasteiger partial charge on any atom is 0.242 e. The third-order valence-corrected chi connectivity index (χ3v) is 4.20. The zero-order chi connectivity index (χ0) is 14.0. The molecule has 0 aliphatic carbocycles. The first-order valence-electron chi connectivity index (χ1n) is 5.63. The Morgan fingerprint density at radius 1 is 1.47 bits per heavy atom. The summed E-state index contributed by atoms with van der Waals surface area (Å²) in [5, 5.41) is 12.7. The number of nitrogens with zero attached hydrogens (tertiary/aromatic N) is 1. The first-order chi connectivity index (χ1) is 8.94. The van der Waals surface area contributed by atoms with Crippen LogP contribution in [0.3, 0.4) is 0 Å². The van der Waals surface area contributed by atoms with E-state index >= 15 is 0 Å². The molecule has 0 bridgehead atoms. The number of hydrogen-bond acceptors (Lipinski definition) is 5. The van der Waals surface area contributed by atoms with Crippen LogP contribution >= 0.6 is 0 Å². The van der Waals surface area contributed by atoms with Gasteiger partial charge in [-0.15, -0.1) is 0 Å². The normalized spacial score (nSPS) is 11.9. The number of aliphatic hydroxyl groups is 1. The van der Waals surface area contributed by atoms with Gasteiger partial charge in [-0.3, -0.25) is 0 Å². The molecule has 0 saturated heterocycles. The number of aryl methyl sites for hydroxylation is 2. The topological polar surface area (TPSA) is 108 Å². The molecule has 0 aromatic carbocycles. The molecule has 0 aliphatic heterocycles. The van der Waals surface area contributed by atoms with E-state index in [2.05, 4.69) is 14.9 Å². The summed E-state index contributed by atoms with van der Waals surface area (Å²) < 4.78 is 31.5. The lowest BCUT2D eigenvalue weighted by Gasteiger charge is -2.04. The molecule has 2 aromatic heterocycles. The van der Waals surface area contributed by atoms with Crippen molar-refractivity contribution in [1.82, 2.24) is 14.9 Å². The van der Waals surface area contributed by atoms with Gasteiger partial charge in [0.05, 0.1) is 17.2 Å². The molecule has 8 heteroatoms. The lowest BCUT2D eigenvalue weighted by Crippen LogP contribution is -2.23. The minimum Gasteiger partial charge on any atom is -0.390 e. The van der Waals surface area contributed by atoms with E-state index in [0.717, 1.165) is 5.56 Å². The van der Waals surface area contributed by atoms with E-state index in [-0.39, 0.29) is 18.0 Å². The number of sulfonamides is 1. The Balaban J connectivity index is 2.14. The molecule has 2 aromatic rings. The standard InChI is InChI=1S/C11H15N3O4S/c1-7-11(8(2)18-14-7)5-13-19(16,17)10-3-9(6-15)12-4-10/h3-4,12-13,15H,5-6H2,1-2H3. The fourth-order valence-corrected chi connectivity index (χ4v) is 2.68. The van der Waals surface area contributed by atoms with Gasteiger partial charge in [0.1, 0.15) is 5.76 Å². The molecule has 2 heterocycles. The fraction of sp³-hybridized carbons (Fsp3) is 0.364. The van der Waals surface area contributed by atoms with E-state index < -0.39 is 10.0 Å². The quantitative estimate of drug-likeness (QED) is 0.745. The van der Waals surface area contributed by atoms with Crippen LogP contribution in [-0.4, -0.2) is 23.7 Å². The Bertz CT molecular complexity index is 652. The Morgan fingerprint density at radius 3 is 2.74 bits per heavy atom. The molecule has 0 aliphatic rings. The molecule has 0 atom stereocenters. The van der Waals surface area contributed by atoms with Crippen LogP contribution in [0, 0.1) is 13.8 Å². The molecule has 3 N–H and O–H groups in total. The Morgan fingerprint density at radius 2 is 2.21 bits per heavy atom. The molecule has 0 amide bonds. The first-order valence-corrected chi connectivity index (χ1v) is 7.12. The second-order valence-corrected chi connectivity index (χ2v) is 5.91. The minimum atomic E-state index is -3.62. The van der Waals surface area contributed by atoms with Gasteiger partial charge in [-0.2, -0.15) is 0 Å².